The van der Waals surface area contributed by atoms with E-state index in [1.165, 1.54) is 11.1 Å². The minimum atomic E-state index is -0.625. The van der Waals surface area contributed by atoms with E-state index in [0.29, 0.717) is 33.8 Å². The monoisotopic (exact) mass is 459 g/mol. The molecule has 1 saturated heterocycles. The molecule has 9 heteroatoms. The van der Waals surface area contributed by atoms with Crippen LogP contribution in [0.2, 0.25) is 0 Å². The molecule has 0 atom stereocenters. The molecule has 3 N–H and O–H groups in total. The average Bonchev–Trinajstić information content (AvgIpc) is 2.96. The largest absolute Gasteiger partial charge is 0.490 e. The maximum absolute atomic E-state index is 12.7. The Morgan fingerprint density at radius 1 is 1.21 bits per heavy atom. The third-order valence-electron chi connectivity index (χ3n) is 3.91. The van der Waals surface area contributed by atoms with Crippen LogP contribution in [-0.2, 0) is 14.4 Å². The number of ether oxygens (including phenoxy) is 2. The van der Waals surface area contributed by atoms with Crippen molar-refractivity contribution in [3.05, 3.63) is 58.1 Å². The van der Waals surface area contributed by atoms with E-state index in [1.54, 1.807) is 43.3 Å². The molecule has 0 spiro atoms. The minimum Gasteiger partial charge on any atom is -0.490 e. The lowest BCUT2D eigenvalue weighted by atomic mass is 10.1. The lowest BCUT2D eigenvalue weighted by Crippen LogP contribution is -2.35. The number of carbonyl (C=O) groups excluding carboxylic acids is 3. The third-order valence-corrected chi connectivity index (χ3v) is 4.50. The van der Waals surface area contributed by atoms with E-state index >= 15 is 0 Å². The van der Waals surface area contributed by atoms with Gasteiger partial charge in [0.05, 0.1) is 16.8 Å². The molecule has 29 heavy (non-hydrogen) atoms. The standard InChI is InChI=1S/C20H18BrN3O5/c1-2-28-16-10-12(9-15(21)18(16)29-11-17(22)25)8-14-19(26)23-24(20(14)27)13-6-4-3-5-7-13/h3-10H,2,11H2,1H3,(H2,22,25)(H,23,26)/b14-8-. The summed E-state index contributed by atoms with van der Waals surface area (Å²) in [4.78, 5) is 36.1. The maximum Gasteiger partial charge on any atom is 0.282 e. The molecule has 8 nitrogen and oxygen atoms in total. The molecular formula is C20H18BrN3O5. The van der Waals surface area contributed by atoms with Crippen LogP contribution in [0.15, 0.2) is 52.5 Å². The third kappa shape index (κ3) is 4.57. The van der Waals surface area contributed by atoms with E-state index in [1.807, 2.05) is 6.07 Å². The summed E-state index contributed by atoms with van der Waals surface area (Å²) in [6.07, 6.45) is 1.46. The van der Waals surface area contributed by atoms with Crippen molar-refractivity contribution in [1.29, 1.82) is 0 Å². The SMILES string of the molecule is CCOc1cc(/C=C2/C(=O)NN(c3ccccc3)C2=O)cc(Br)c1OCC(N)=O. The van der Waals surface area contributed by atoms with Crippen LogP contribution in [0.1, 0.15) is 12.5 Å². The first-order valence-electron chi connectivity index (χ1n) is 8.70. The minimum absolute atomic E-state index is 0.0194. The van der Waals surface area contributed by atoms with Crippen LogP contribution in [-0.4, -0.2) is 30.9 Å². The molecule has 3 rings (SSSR count). The second kappa shape index (κ2) is 8.78. The van der Waals surface area contributed by atoms with E-state index in [-0.39, 0.29) is 12.2 Å². The van der Waals surface area contributed by atoms with Gasteiger partial charge in [-0.05, 0) is 58.8 Å². The van der Waals surface area contributed by atoms with E-state index in [9.17, 15) is 14.4 Å². The van der Waals surface area contributed by atoms with Crippen molar-refractivity contribution in [1.82, 2.24) is 5.43 Å². The number of hydrogen-bond acceptors (Lipinski definition) is 5. The van der Waals surface area contributed by atoms with Crippen LogP contribution in [0, 0.1) is 0 Å². The molecule has 0 bridgehead atoms. The smallest absolute Gasteiger partial charge is 0.282 e. The molecule has 0 unspecified atom stereocenters. The van der Waals surface area contributed by atoms with Gasteiger partial charge in [0, 0.05) is 0 Å². The molecule has 2 aromatic rings. The Morgan fingerprint density at radius 3 is 2.59 bits per heavy atom. The number of rotatable bonds is 7. The summed E-state index contributed by atoms with van der Waals surface area (Å²) >= 11 is 3.36. The number of amides is 3. The van der Waals surface area contributed by atoms with Crippen molar-refractivity contribution < 1.29 is 23.9 Å². The number of primary amides is 1. The molecule has 1 aliphatic heterocycles. The van der Waals surface area contributed by atoms with Crippen molar-refractivity contribution >= 4 is 45.4 Å². The summed E-state index contributed by atoms with van der Waals surface area (Å²) in [5.41, 5.74) is 8.75. The van der Waals surface area contributed by atoms with Crippen LogP contribution in [0.4, 0.5) is 5.69 Å². The number of benzene rings is 2. The first kappa shape index (κ1) is 20.4. The molecule has 3 amide bonds. The second-order valence-electron chi connectivity index (χ2n) is 5.99. The molecule has 1 fully saturated rings. The predicted molar refractivity (Wildman–Crippen MR) is 110 cm³/mol. The number of nitrogens with zero attached hydrogens (tertiary/aromatic N) is 1. The van der Waals surface area contributed by atoms with Crippen molar-refractivity contribution in [2.45, 2.75) is 6.92 Å². The van der Waals surface area contributed by atoms with Crippen LogP contribution < -0.4 is 25.6 Å². The Kier molecular flexibility index (Phi) is 6.18. The summed E-state index contributed by atoms with van der Waals surface area (Å²) < 4.78 is 11.5. The Bertz CT molecular complexity index is 991. The van der Waals surface area contributed by atoms with Crippen LogP contribution >= 0.6 is 15.9 Å². The summed E-state index contributed by atoms with van der Waals surface area (Å²) in [5.74, 6) is -0.951. The second-order valence-corrected chi connectivity index (χ2v) is 6.85. The molecule has 1 heterocycles. The van der Waals surface area contributed by atoms with Gasteiger partial charge in [0.1, 0.15) is 5.57 Å². The van der Waals surface area contributed by atoms with Gasteiger partial charge in [-0.25, -0.2) is 5.01 Å². The van der Waals surface area contributed by atoms with Crippen LogP contribution in [0.5, 0.6) is 11.5 Å². The number of nitrogens with one attached hydrogen (secondary N) is 1. The number of anilines is 1. The summed E-state index contributed by atoms with van der Waals surface area (Å²) in [7, 11) is 0. The fraction of sp³-hybridized carbons (Fsp3) is 0.150. The topological polar surface area (TPSA) is 111 Å². The fourth-order valence-corrected chi connectivity index (χ4v) is 3.27. The fourth-order valence-electron chi connectivity index (χ4n) is 2.70. The molecule has 1 aliphatic rings. The molecule has 150 valence electrons. The van der Waals surface area contributed by atoms with Gasteiger partial charge in [-0.15, -0.1) is 0 Å². The van der Waals surface area contributed by atoms with Gasteiger partial charge in [0.2, 0.25) is 0 Å². The Morgan fingerprint density at radius 2 is 1.93 bits per heavy atom. The van der Waals surface area contributed by atoms with E-state index in [0.717, 1.165) is 0 Å². The Balaban J connectivity index is 1.94. The van der Waals surface area contributed by atoms with Crippen LogP contribution in [0.3, 0.4) is 0 Å². The maximum atomic E-state index is 12.7. The van der Waals surface area contributed by atoms with Gasteiger partial charge in [-0.1, -0.05) is 18.2 Å². The van der Waals surface area contributed by atoms with Gasteiger partial charge in [0.25, 0.3) is 17.7 Å². The van der Waals surface area contributed by atoms with E-state index < -0.39 is 17.7 Å². The summed E-state index contributed by atoms with van der Waals surface area (Å²) in [6.45, 7) is 1.83. The van der Waals surface area contributed by atoms with E-state index in [2.05, 4.69) is 21.4 Å². The first-order valence-corrected chi connectivity index (χ1v) is 9.49. The van der Waals surface area contributed by atoms with Crippen molar-refractivity contribution in [2.24, 2.45) is 5.73 Å². The quantitative estimate of drug-likeness (QED) is 0.486. The molecule has 0 radical (unpaired) electrons. The van der Waals surface area contributed by atoms with Crippen molar-refractivity contribution in [3.8, 4) is 11.5 Å². The number of para-hydroxylation sites is 1. The highest BCUT2D eigenvalue weighted by Gasteiger charge is 2.34. The van der Waals surface area contributed by atoms with Gasteiger partial charge >= 0.3 is 0 Å². The normalized spacial score (nSPS) is 14.8. The highest BCUT2D eigenvalue weighted by Crippen LogP contribution is 2.37. The molecule has 0 saturated carbocycles. The van der Waals surface area contributed by atoms with Crippen molar-refractivity contribution in [3.63, 3.8) is 0 Å². The zero-order chi connectivity index (χ0) is 21.0. The number of hydrogen-bond donors (Lipinski definition) is 2. The Hall–Kier alpha value is -3.33. The van der Waals surface area contributed by atoms with Gasteiger partial charge in [-0.3, -0.25) is 19.8 Å². The lowest BCUT2D eigenvalue weighted by Gasteiger charge is -2.14. The summed E-state index contributed by atoms with van der Waals surface area (Å²) in [5, 5.41) is 1.19. The molecule has 2 aromatic carbocycles. The highest BCUT2D eigenvalue weighted by atomic mass is 79.9. The predicted octanol–water partition coefficient (Wildman–Crippen LogP) is 2.17. The van der Waals surface area contributed by atoms with Gasteiger partial charge in [-0.2, -0.15) is 0 Å². The van der Waals surface area contributed by atoms with Gasteiger partial charge < -0.3 is 15.2 Å². The number of halogens is 1. The average molecular weight is 460 g/mol. The molecular weight excluding hydrogens is 442 g/mol. The first-order chi connectivity index (χ1) is 13.9. The number of hydrazine groups is 1. The van der Waals surface area contributed by atoms with Crippen LogP contribution in [0.25, 0.3) is 6.08 Å². The summed E-state index contributed by atoms with van der Waals surface area (Å²) in [6, 6.07) is 12.1. The lowest BCUT2D eigenvalue weighted by molar-refractivity contribution is -0.120. The highest BCUT2D eigenvalue weighted by molar-refractivity contribution is 9.10. The zero-order valence-corrected chi connectivity index (χ0v) is 17.1. The molecule has 0 aliphatic carbocycles. The zero-order valence-electron chi connectivity index (χ0n) is 15.5. The Labute approximate surface area is 175 Å². The number of nitrogens with two attached hydrogens (primary N) is 1. The van der Waals surface area contributed by atoms with Crippen molar-refractivity contribution in [2.75, 3.05) is 18.2 Å². The molecule has 0 aromatic heterocycles. The number of carbonyl (C=O) groups is 3. The van der Waals surface area contributed by atoms with E-state index in [4.69, 9.17) is 15.2 Å². The van der Waals surface area contributed by atoms with Gasteiger partial charge in [0.15, 0.2) is 18.1 Å².